The molecule has 2 atom stereocenters. The van der Waals surface area contributed by atoms with E-state index in [9.17, 15) is 4.39 Å². The van der Waals surface area contributed by atoms with Gasteiger partial charge in [0.05, 0.1) is 5.41 Å². The third kappa shape index (κ3) is 1.58. The molecule has 2 aliphatic rings. The second-order valence-electron chi connectivity index (χ2n) is 5.69. The standard InChI is InChI=1S/C18H16FN/c19-17-18(11-10-15-8-4-5-9-16(15)18)13-20(17)12-14-6-2-1-3-7-14/h1-11,17H,12-13H2. The first kappa shape index (κ1) is 11.9. The van der Waals surface area contributed by atoms with Crippen molar-refractivity contribution in [1.82, 2.24) is 4.90 Å². The van der Waals surface area contributed by atoms with Crippen molar-refractivity contribution in [3.05, 3.63) is 77.4 Å². The topological polar surface area (TPSA) is 3.24 Å². The fraction of sp³-hybridized carbons (Fsp3) is 0.222. The number of halogens is 1. The van der Waals surface area contributed by atoms with Gasteiger partial charge in [0.25, 0.3) is 0 Å². The number of likely N-dealkylation sites (tertiary alicyclic amines) is 1. The van der Waals surface area contributed by atoms with Gasteiger partial charge in [-0.3, -0.25) is 4.90 Å². The van der Waals surface area contributed by atoms with Crippen molar-refractivity contribution in [3.8, 4) is 0 Å². The lowest BCUT2D eigenvalue weighted by Gasteiger charge is -2.51. The monoisotopic (exact) mass is 265 g/mol. The Morgan fingerprint density at radius 1 is 1.05 bits per heavy atom. The molecule has 1 spiro atoms. The molecule has 100 valence electrons. The molecule has 4 rings (SSSR count). The second-order valence-corrected chi connectivity index (χ2v) is 5.69. The van der Waals surface area contributed by atoms with Crippen molar-refractivity contribution in [2.75, 3.05) is 6.54 Å². The first-order valence-corrected chi connectivity index (χ1v) is 7.00. The van der Waals surface area contributed by atoms with E-state index in [0.717, 1.165) is 17.7 Å². The summed E-state index contributed by atoms with van der Waals surface area (Å²) in [5, 5.41) is 0. The van der Waals surface area contributed by atoms with E-state index in [0.29, 0.717) is 6.54 Å². The Labute approximate surface area is 118 Å². The summed E-state index contributed by atoms with van der Waals surface area (Å²) < 4.78 is 14.8. The van der Waals surface area contributed by atoms with Gasteiger partial charge in [-0.15, -0.1) is 0 Å². The van der Waals surface area contributed by atoms with Crippen LogP contribution in [0.5, 0.6) is 0 Å². The Balaban J connectivity index is 1.57. The summed E-state index contributed by atoms with van der Waals surface area (Å²) in [6.07, 6.45) is 3.17. The Morgan fingerprint density at radius 2 is 1.80 bits per heavy atom. The molecule has 2 heteroatoms. The SMILES string of the molecule is FC1N(Cc2ccccc2)CC12C=Cc1ccccc12. The molecule has 2 unspecified atom stereocenters. The predicted octanol–water partition coefficient (Wildman–Crippen LogP) is 3.76. The van der Waals surface area contributed by atoms with Crippen molar-refractivity contribution in [2.24, 2.45) is 0 Å². The molecule has 0 bridgehead atoms. The highest BCUT2D eigenvalue weighted by Crippen LogP contribution is 2.48. The number of hydrogen-bond donors (Lipinski definition) is 0. The predicted molar refractivity (Wildman–Crippen MR) is 78.9 cm³/mol. The van der Waals surface area contributed by atoms with Crippen LogP contribution in [-0.2, 0) is 12.0 Å². The number of benzene rings is 2. The number of alkyl halides is 1. The van der Waals surface area contributed by atoms with E-state index in [2.05, 4.69) is 30.3 Å². The van der Waals surface area contributed by atoms with Gasteiger partial charge in [0, 0.05) is 13.1 Å². The average molecular weight is 265 g/mol. The smallest absolute Gasteiger partial charge is 0.168 e. The number of hydrogen-bond acceptors (Lipinski definition) is 1. The van der Waals surface area contributed by atoms with Crippen LogP contribution < -0.4 is 0 Å². The van der Waals surface area contributed by atoms with Gasteiger partial charge in [0.1, 0.15) is 0 Å². The van der Waals surface area contributed by atoms with E-state index in [4.69, 9.17) is 0 Å². The molecule has 20 heavy (non-hydrogen) atoms. The van der Waals surface area contributed by atoms with Gasteiger partial charge in [-0.25, -0.2) is 4.39 Å². The number of nitrogens with zero attached hydrogens (tertiary/aromatic N) is 1. The summed E-state index contributed by atoms with van der Waals surface area (Å²) in [5.74, 6) is 0. The van der Waals surface area contributed by atoms with Crippen LogP contribution in [0.25, 0.3) is 6.08 Å². The van der Waals surface area contributed by atoms with Crippen LogP contribution in [-0.4, -0.2) is 17.7 Å². The van der Waals surface area contributed by atoms with Crippen LogP contribution in [0, 0.1) is 0 Å². The summed E-state index contributed by atoms with van der Waals surface area (Å²) in [4.78, 5) is 1.90. The van der Waals surface area contributed by atoms with Gasteiger partial charge < -0.3 is 0 Å². The maximum Gasteiger partial charge on any atom is 0.168 e. The zero-order valence-corrected chi connectivity index (χ0v) is 11.2. The van der Waals surface area contributed by atoms with E-state index in [1.807, 2.05) is 41.3 Å². The van der Waals surface area contributed by atoms with Crippen molar-refractivity contribution in [3.63, 3.8) is 0 Å². The minimum atomic E-state index is -0.928. The maximum atomic E-state index is 14.8. The minimum Gasteiger partial charge on any atom is -0.267 e. The minimum absolute atomic E-state index is 0.411. The fourth-order valence-electron chi connectivity index (χ4n) is 3.40. The molecule has 1 nitrogen and oxygen atoms in total. The van der Waals surface area contributed by atoms with Gasteiger partial charge >= 0.3 is 0 Å². The molecule has 0 radical (unpaired) electrons. The lowest BCUT2D eigenvalue weighted by molar-refractivity contribution is -0.0797. The van der Waals surface area contributed by atoms with Crippen LogP contribution >= 0.6 is 0 Å². The van der Waals surface area contributed by atoms with Crippen LogP contribution in [0.15, 0.2) is 60.7 Å². The summed E-state index contributed by atoms with van der Waals surface area (Å²) >= 11 is 0. The Hall–Kier alpha value is -1.93. The number of rotatable bonds is 2. The Kier molecular flexibility index (Phi) is 2.54. The third-order valence-corrected chi connectivity index (χ3v) is 4.46. The van der Waals surface area contributed by atoms with E-state index < -0.39 is 11.7 Å². The first-order chi connectivity index (χ1) is 9.79. The first-order valence-electron chi connectivity index (χ1n) is 7.00. The van der Waals surface area contributed by atoms with Gasteiger partial charge in [-0.2, -0.15) is 0 Å². The Morgan fingerprint density at radius 3 is 2.60 bits per heavy atom. The highest BCUT2D eigenvalue weighted by Gasteiger charge is 2.54. The van der Waals surface area contributed by atoms with Crippen LogP contribution in [0.3, 0.4) is 0 Å². The van der Waals surface area contributed by atoms with Crippen LogP contribution in [0.4, 0.5) is 4.39 Å². The van der Waals surface area contributed by atoms with E-state index >= 15 is 0 Å². The summed E-state index contributed by atoms with van der Waals surface area (Å²) in [7, 11) is 0. The second kappa shape index (κ2) is 4.29. The van der Waals surface area contributed by atoms with E-state index in [-0.39, 0.29) is 0 Å². The lowest BCUT2D eigenvalue weighted by atomic mass is 9.74. The van der Waals surface area contributed by atoms with Crippen molar-refractivity contribution in [2.45, 2.75) is 18.3 Å². The molecule has 2 aromatic carbocycles. The summed E-state index contributed by atoms with van der Waals surface area (Å²) in [6.45, 7) is 1.44. The molecule has 1 heterocycles. The molecule has 2 aromatic rings. The quantitative estimate of drug-likeness (QED) is 0.747. The maximum absolute atomic E-state index is 14.8. The zero-order chi connectivity index (χ0) is 13.6. The van der Waals surface area contributed by atoms with Gasteiger partial charge in [-0.05, 0) is 16.7 Å². The molecular formula is C18H16FN. The lowest BCUT2D eigenvalue weighted by Crippen LogP contribution is -2.63. The Bertz CT molecular complexity index is 664. The number of fused-ring (bicyclic) bond motifs is 2. The molecule has 1 fully saturated rings. The molecule has 0 N–H and O–H groups in total. The zero-order valence-electron chi connectivity index (χ0n) is 11.2. The molecular weight excluding hydrogens is 249 g/mol. The summed E-state index contributed by atoms with van der Waals surface area (Å²) in [5.41, 5.74) is 3.05. The van der Waals surface area contributed by atoms with Crippen molar-refractivity contribution >= 4 is 6.08 Å². The molecule has 0 amide bonds. The molecule has 1 aliphatic carbocycles. The van der Waals surface area contributed by atoms with Gasteiger partial charge in [0.15, 0.2) is 6.30 Å². The van der Waals surface area contributed by atoms with Gasteiger partial charge in [0.2, 0.25) is 0 Å². The van der Waals surface area contributed by atoms with Crippen molar-refractivity contribution < 1.29 is 4.39 Å². The molecule has 0 saturated carbocycles. The molecule has 0 aromatic heterocycles. The molecule has 1 aliphatic heterocycles. The summed E-state index contributed by atoms with van der Waals surface area (Å²) in [6, 6.07) is 18.2. The normalized spacial score (nSPS) is 27.6. The molecule has 1 saturated heterocycles. The van der Waals surface area contributed by atoms with E-state index in [1.54, 1.807) is 0 Å². The highest BCUT2D eigenvalue weighted by molar-refractivity contribution is 5.67. The highest BCUT2D eigenvalue weighted by atomic mass is 19.1. The van der Waals surface area contributed by atoms with Crippen LogP contribution in [0.2, 0.25) is 0 Å². The van der Waals surface area contributed by atoms with Gasteiger partial charge in [-0.1, -0.05) is 66.7 Å². The average Bonchev–Trinajstić information content (AvgIpc) is 2.89. The largest absolute Gasteiger partial charge is 0.267 e. The van der Waals surface area contributed by atoms with E-state index in [1.165, 1.54) is 5.56 Å². The van der Waals surface area contributed by atoms with Crippen LogP contribution in [0.1, 0.15) is 16.7 Å². The fourth-order valence-corrected chi connectivity index (χ4v) is 3.40. The van der Waals surface area contributed by atoms with Crippen molar-refractivity contribution in [1.29, 1.82) is 0 Å². The third-order valence-electron chi connectivity index (χ3n) is 4.46.